The van der Waals surface area contributed by atoms with E-state index in [4.69, 9.17) is 4.74 Å². The summed E-state index contributed by atoms with van der Waals surface area (Å²) < 4.78 is 5.23. The molecule has 1 spiro atoms. The molecule has 0 aromatic carbocycles. The van der Waals surface area contributed by atoms with Crippen LogP contribution in [0.2, 0.25) is 0 Å². The summed E-state index contributed by atoms with van der Waals surface area (Å²) in [5, 5.41) is 3.53. The van der Waals surface area contributed by atoms with Crippen molar-refractivity contribution in [2.45, 2.75) is 52.0 Å². The summed E-state index contributed by atoms with van der Waals surface area (Å²) in [4.78, 5) is 14.4. The Morgan fingerprint density at radius 1 is 1.37 bits per heavy atom. The summed E-state index contributed by atoms with van der Waals surface area (Å²) in [6.07, 6.45) is 5.93. The van der Waals surface area contributed by atoms with Gasteiger partial charge >= 0.3 is 5.97 Å². The first-order valence-corrected chi connectivity index (χ1v) is 7.82. The number of nitrogens with zero attached hydrogens (tertiary/aromatic N) is 1. The Labute approximate surface area is 116 Å². The highest BCUT2D eigenvalue weighted by Crippen LogP contribution is 2.36. The summed E-state index contributed by atoms with van der Waals surface area (Å²) in [6.45, 7) is 8.81. The van der Waals surface area contributed by atoms with Gasteiger partial charge < -0.3 is 10.1 Å². The number of rotatable bonds is 4. The van der Waals surface area contributed by atoms with E-state index in [1.54, 1.807) is 0 Å². The molecule has 0 amide bonds. The molecule has 4 heteroatoms. The normalized spacial score (nSPS) is 30.2. The van der Waals surface area contributed by atoms with Crippen LogP contribution in [-0.2, 0) is 9.53 Å². The Kier molecular flexibility index (Phi) is 5.22. The van der Waals surface area contributed by atoms with Crippen LogP contribution < -0.4 is 5.32 Å². The summed E-state index contributed by atoms with van der Waals surface area (Å²) >= 11 is 0. The first-order valence-electron chi connectivity index (χ1n) is 7.82. The van der Waals surface area contributed by atoms with Crippen LogP contribution in [0.25, 0.3) is 0 Å². The van der Waals surface area contributed by atoms with E-state index < -0.39 is 0 Å². The second-order valence-electron chi connectivity index (χ2n) is 6.03. The van der Waals surface area contributed by atoms with Crippen molar-refractivity contribution < 1.29 is 9.53 Å². The lowest BCUT2D eigenvalue weighted by atomic mass is 9.74. The van der Waals surface area contributed by atoms with Crippen molar-refractivity contribution >= 4 is 5.97 Å². The third kappa shape index (κ3) is 3.48. The van der Waals surface area contributed by atoms with Crippen LogP contribution in [-0.4, -0.2) is 49.7 Å². The van der Waals surface area contributed by atoms with E-state index in [1.165, 1.54) is 25.7 Å². The first-order chi connectivity index (χ1) is 9.21. The van der Waals surface area contributed by atoms with Crippen LogP contribution in [0.3, 0.4) is 0 Å². The molecule has 2 rings (SSSR count). The molecule has 0 aliphatic carbocycles. The second kappa shape index (κ2) is 6.71. The highest BCUT2D eigenvalue weighted by Gasteiger charge is 2.39. The van der Waals surface area contributed by atoms with Crippen LogP contribution in [0, 0.1) is 5.41 Å². The zero-order chi connectivity index (χ0) is 13.7. The predicted molar refractivity (Wildman–Crippen MR) is 76.1 cm³/mol. The number of likely N-dealkylation sites (tertiary alicyclic amines) is 1. The second-order valence-corrected chi connectivity index (χ2v) is 6.03. The Morgan fingerprint density at radius 3 is 2.79 bits per heavy atom. The van der Waals surface area contributed by atoms with Crippen molar-refractivity contribution in [2.75, 3.05) is 32.8 Å². The molecule has 1 N–H and O–H groups in total. The van der Waals surface area contributed by atoms with E-state index in [0.29, 0.717) is 12.0 Å². The van der Waals surface area contributed by atoms with Gasteiger partial charge in [-0.25, -0.2) is 0 Å². The zero-order valence-electron chi connectivity index (χ0n) is 12.4. The number of hydrogen-bond donors (Lipinski definition) is 1. The average Bonchev–Trinajstić information content (AvgIpc) is 2.41. The molecule has 19 heavy (non-hydrogen) atoms. The quantitative estimate of drug-likeness (QED) is 0.789. The number of ether oxygens (including phenoxy) is 1. The Bertz CT molecular complexity index is 295. The van der Waals surface area contributed by atoms with Gasteiger partial charge in [-0.2, -0.15) is 0 Å². The Balaban J connectivity index is 2.00. The number of carbonyl (C=O) groups is 1. The standard InChI is InChI=1S/C15H28N2O2/c1-3-13(14(18)19-4-2)17-10-6-8-15(12-17)7-5-9-16-11-15/h13,16H,3-12H2,1-2H3. The van der Waals surface area contributed by atoms with Gasteiger partial charge in [-0.15, -0.1) is 0 Å². The molecule has 2 atom stereocenters. The lowest BCUT2D eigenvalue weighted by Gasteiger charge is -2.47. The van der Waals surface area contributed by atoms with Gasteiger partial charge in [0, 0.05) is 13.1 Å². The van der Waals surface area contributed by atoms with E-state index in [-0.39, 0.29) is 12.0 Å². The van der Waals surface area contributed by atoms with Gasteiger partial charge in [-0.05, 0) is 57.5 Å². The van der Waals surface area contributed by atoms with Crippen LogP contribution in [0.4, 0.5) is 0 Å². The van der Waals surface area contributed by atoms with Gasteiger partial charge in [-0.3, -0.25) is 9.69 Å². The number of esters is 1. The van der Waals surface area contributed by atoms with Crippen LogP contribution in [0.5, 0.6) is 0 Å². The molecule has 2 saturated heterocycles. The zero-order valence-corrected chi connectivity index (χ0v) is 12.4. The molecule has 2 heterocycles. The third-order valence-electron chi connectivity index (χ3n) is 4.64. The van der Waals surface area contributed by atoms with Crippen LogP contribution in [0.15, 0.2) is 0 Å². The molecule has 2 fully saturated rings. The fraction of sp³-hybridized carbons (Fsp3) is 0.933. The van der Waals surface area contributed by atoms with Gasteiger partial charge in [-0.1, -0.05) is 6.92 Å². The van der Waals surface area contributed by atoms with E-state index in [0.717, 1.165) is 32.6 Å². The molecule has 0 radical (unpaired) electrons. The van der Waals surface area contributed by atoms with E-state index in [9.17, 15) is 4.79 Å². The Hall–Kier alpha value is -0.610. The number of piperidine rings is 2. The summed E-state index contributed by atoms with van der Waals surface area (Å²) in [5.41, 5.74) is 0.399. The fourth-order valence-electron chi connectivity index (χ4n) is 3.70. The molecular formula is C15H28N2O2. The van der Waals surface area contributed by atoms with Crippen molar-refractivity contribution in [1.82, 2.24) is 10.2 Å². The molecule has 110 valence electrons. The van der Waals surface area contributed by atoms with Crippen molar-refractivity contribution in [3.8, 4) is 0 Å². The maximum Gasteiger partial charge on any atom is 0.323 e. The molecule has 0 saturated carbocycles. The maximum absolute atomic E-state index is 12.1. The van der Waals surface area contributed by atoms with Crippen molar-refractivity contribution in [3.05, 3.63) is 0 Å². The number of hydrogen-bond acceptors (Lipinski definition) is 4. The minimum atomic E-state index is -0.0425. The average molecular weight is 268 g/mol. The number of carbonyl (C=O) groups excluding carboxylic acids is 1. The molecule has 4 nitrogen and oxygen atoms in total. The van der Waals surface area contributed by atoms with Gasteiger partial charge in [0.25, 0.3) is 0 Å². The van der Waals surface area contributed by atoms with Crippen molar-refractivity contribution in [1.29, 1.82) is 0 Å². The minimum Gasteiger partial charge on any atom is -0.465 e. The van der Waals surface area contributed by atoms with E-state index in [2.05, 4.69) is 17.1 Å². The Morgan fingerprint density at radius 2 is 2.16 bits per heavy atom. The number of nitrogens with one attached hydrogen (secondary N) is 1. The maximum atomic E-state index is 12.1. The molecule has 2 aliphatic rings. The summed E-state index contributed by atoms with van der Waals surface area (Å²) in [7, 11) is 0. The van der Waals surface area contributed by atoms with Gasteiger partial charge in [0.05, 0.1) is 6.61 Å². The molecule has 2 unspecified atom stereocenters. The first kappa shape index (κ1) is 14.8. The van der Waals surface area contributed by atoms with E-state index >= 15 is 0 Å². The van der Waals surface area contributed by atoms with Gasteiger partial charge in [0.15, 0.2) is 0 Å². The lowest BCUT2D eigenvalue weighted by molar-refractivity contribution is -0.151. The smallest absolute Gasteiger partial charge is 0.323 e. The van der Waals surface area contributed by atoms with Gasteiger partial charge in [0.1, 0.15) is 6.04 Å². The highest BCUT2D eigenvalue weighted by atomic mass is 16.5. The van der Waals surface area contributed by atoms with E-state index in [1.807, 2.05) is 6.92 Å². The summed E-state index contributed by atoms with van der Waals surface area (Å²) in [6, 6.07) is -0.0425. The molecule has 0 aromatic heterocycles. The van der Waals surface area contributed by atoms with Crippen molar-refractivity contribution in [2.24, 2.45) is 5.41 Å². The molecule has 0 aromatic rings. The van der Waals surface area contributed by atoms with Crippen LogP contribution in [0.1, 0.15) is 46.0 Å². The van der Waals surface area contributed by atoms with Crippen LogP contribution >= 0.6 is 0 Å². The van der Waals surface area contributed by atoms with Crippen molar-refractivity contribution in [3.63, 3.8) is 0 Å². The van der Waals surface area contributed by atoms with Gasteiger partial charge in [0.2, 0.25) is 0 Å². The molecular weight excluding hydrogens is 240 g/mol. The molecule has 2 aliphatic heterocycles. The fourth-order valence-corrected chi connectivity index (χ4v) is 3.70. The predicted octanol–water partition coefficient (Wildman–Crippen LogP) is 1.79. The monoisotopic (exact) mass is 268 g/mol. The lowest BCUT2D eigenvalue weighted by Crippen LogP contribution is -2.55. The largest absolute Gasteiger partial charge is 0.465 e. The highest BCUT2D eigenvalue weighted by molar-refractivity contribution is 5.75. The SMILES string of the molecule is CCOC(=O)C(CC)N1CCCC2(CCCNC2)C1. The molecule has 0 bridgehead atoms. The third-order valence-corrected chi connectivity index (χ3v) is 4.64. The summed E-state index contributed by atoms with van der Waals surface area (Å²) in [5.74, 6) is -0.0363. The minimum absolute atomic E-state index is 0.0363. The topological polar surface area (TPSA) is 41.6 Å².